The molecule has 76 valence electrons. The summed E-state index contributed by atoms with van der Waals surface area (Å²) in [5.41, 5.74) is 3.53. The number of para-hydroxylation sites is 1. The Balaban J connectivity index is 0.00000196. The molecule has 1 aromatic carbocycles. The molecule has 0 fully saturated rings. The summed E-state index contributed by atoms with van der Waals surface area (Å²) in [5, 5.41) is 3.76. The first-order valence-electron chi connectivity index (χ1n) is 4.14. The number of hydrogen-bond acceptors (Lipinski definition) is 4. The molecule has 0 aliphatic carbocycles. The van der Waals surface area contributed by atoms with Gasteiger partial charge in [-0.1, -0.05) is 18.2 Å². The zero-order valence-electron chi connectivity index (χ0n) is 9.10. The Morgan fingerprint density at radius 1 is 1.40 bits per heavy atom. The molecule has 0 bridgehead atoms. The van der Waals surface area contributed by atoms with E-state index in [1.165, 1.54) is 6.92 Å². The largest absolute Gasteiger partial charge is 1.00 e. The summed E-state index contributed by atoms with van der Waals surface area (Å²) in [6.07, 6.45) is 0. The van der Waals surface area contributed by atoms with Crippen LogP contribution in [0, 0.1) is 0 Å². The molecule has 6 heteroatoms. The van der Waals surface area contributed by atoms with Crippen molar-refractivity contribution in [1.82, 2.24) is 0 Å². The number of anilines is 1. The van der Waals surface area contributed by atoms with Gasteiger partial charge >= 0.3 is 29.6 Å². The smallest absolute Gasteiger partial charge is 0.795 e. The Hall–Kier alpha value is -0.120. The molecule has 0 aliphatic rings. The topological polar surface area (TPSA) is 64.5 Å². The quantitative estimate of drug-likeness (QED) is 0.306. The molecule has 0 spiro atoms. The Bertz CT molecular complexity index is 375. The molecule has 0 saturated carbocycles. The van der Waals surface area contributed by atoms with Gasteiger partial charge in [-0.3, -0.25) is 5.43 Å². The first-order chi connectivity index (χ1) is 6.50. The van der Waals surface area contributed by atoms with Gasteiger partial charge in [0.15, 0.2) is 0 Å². The summed E-state index contributed by atoms with van der Waals surface area (Å²) in [5.74, 6) is 0. The third kappa shape index (κ3) is 5.50. The molecule has 1 N–H and O–H groups in total. The standard InChI is InChI=1S/C9H13N2O2P.Na/c1-8(14(2,12)13)10-11-9-6-4-3-5-7-9;/h3-7,11H,1-2H3,(H,12,13);/q;+1/p-1. The summed E-state index contributed by atoms with van der Waals surface area (Å²) >= 11 is 0. The van der Waals surface area contributed by atoms with Crippen LogP contribution in [0.15, 0.2) is 35.4 Å². The van der Waals surface area contributed by atoms with Gasteiger partial charge in [0.25, 0.3) is 0 Å². The van der Waals surface area contributed by atoms with Crippen LogP contribution in [-0.4, -0.2) is 12.1 Å². The van der Waals surface area contributed by atoms with Crippen LogP contribution >= 0.6 is 7.37 Å². The van der Waals surface area contributed by atoms with Gasteiger partial charge in [-0.05, 0) is 25.7 Å². The van der Waals surface area contributed by atoms with Gasteiger partial charge in [0.1, 0.15) is 0 Å². The predicted molar refractivity (Wildman–Crippen MR) is 56.7 cm³/mol. The molecule has 0 amide bonds. The van der Waals surface area contributed by atoms with E-state index in [0.29, 0.717) is 0 Å². The zero-order valence-corrected chi connectivity index (χ0v) is 12.0. The van der Waals surface area contributed by atoms with Crippen molar-refractivity contribution in [1.29, 1.82) is 0 Å². The molecule has 1 rings (SSSR count). The van der Waals surface area contributed by atoms with E-state index in [-0.39, 0.29) is 35.0 Å². The monoisotopic (exact) mass is 234 g/mol. The summed E-state index contributed by atoms with van der Waals surface area (Å²) in [7, 11) is -3.46. The molecule has 0 heterocycles. The average Bonchev–Trinajstić information content (AvgIpc) is 2.14. The van der Waals surface area contributed by atoms with E-state index in [1.807, 2.05) is 30.3 Å². The fourth-order valence-electron chi connectivity index (χ4n) is 0.749. The normalized spacial score (nSPS) is 15.0. The third-order valence-electron chi connectivity index (χ3n) is 1.71. The van der Waals surface area contributed by atoms with Gasteiger partial charge in [0.2, 0.25) is 0 Å². The zero-order chi connectivity index (χ0) is 10.6. The minimum Gasteiger partial charge on any atom is -0.795 e. The summed E-state index contributed by atoms with van der Waals surface area (Å²) in [6.45, 7) is 2.61. The predicted octanol–water partition coefficient (Wildman–Crippen LogP) is -1.30. The van der Waals surface area contributed by atoms with E-state index < -0.39 is 7.37 Å². The van der Waals surface area contributed by atoms with Gasteiger partial charge in [-0.15, -0.1) is 0 Å². The number of hydrazone groups is 1. The van der Waals surface area contributed by atoms with Crippen LogP contribution in [0.5, 0.6) is 0 Å². The van der Waals surface area contributed by atoms with Crippen molar-refractivity contribution in [2.24, 2.45) is 5.10 Å². The minimum absolute atomic E-state index is 0. The maximum Gasteiger partial charge on any atom is 1.00 e. The van der Waals surface area contributed by atoms with Gasteiger partial charge in [-0.2, -0.15) is 5.10 Å². The SMILES string of the molecule is CC(=NNc1ccccc1)P(C)(=O)[O-].[Na+]. The van der Waals surface area contributed by atoms with E-state index in [4.69, 9.17) is 0 Å². The number of rotatable bonds is 3. The Morgan fingerprint density at radius 2 is 1.93 bits per heavy atom. The van der Waals surface area contributed by atoms with Gasteiger partial charge in [0, 0.05) is 0 Å². The molecule has 0 saturated heterocycles. The van der Waals surface area contributed by atoms with Crippen molar-refractivity contribution >= 4 is 18.5 Å². The van der Waals surface area contributed by atoms with Crippen molar-refractivity contribution in [3.63, 3.8) is 0 Å². The van der Waals surface area contributed by atoms with Crippen molar-refractivity contribution in [2.45, 2.75) is 6.92 Å². The van der Waals surface area contributed by atoms with Crippen LogP contribution in [0.3, 0.4) is 0 Å². The van der Waals surface area contributed by atoms with Crippen LogP contribution in [0.4, 0.5) is 5.69 Å². The molecular formula is C9H12N2NaO2P. The van der Waals surface area contributed by atoms with E-state index in [9.17, 15) is 9.46 Å². The Kier molecular flexibility index (Phi) is 6.41. The summed E-state index contributed by atoms with van der Waals surface area (Å²) in [6, 6.07) is 9.18. The van der Waals surface area contributed by atoms with Crippen LogP contribution in [0.2, 0.25) is 0 Å². The molecule has 0 aromatic heterocycles. The van der Waals surface area contributed by atoms with Gasteiger partial charge in [-0.25, -0.2) is 0 Å². The second-order valence-electron chi connectivity index (χ2n) is 2.98. The third-order valence-corrected chi connectivity index (χ3v) is 2.98. The van der Waals surface area contributed by atoms with E-state index in [0.717, 1.165) is 12.4 Å². The molecule has 4 nitrogen and oxygen atoms in total. The fraction of sp³-hybridized carbons (Fsp3) is 0.222. The van der Waals surface area contributed by atoms with Crippen molar-refractivity contribution in [2.75, 3.05) is 12.1 Å². The maximum atomic E-state index is 11.0. The molecule has 0 radical (unpaired) electrons. The first kappa shape index (κ1) is 14.9. The van der Waals surface area contributed by atoms with Crippen molar-refractivity contribution in [3.05, 3.63) is 30.3 Å². The van der Waals surface area contributed by atoms with Crippen LogP contribution in [0.25, 0.3) is 0 Å². The first-order valence-corrected chi connectivity index (χ1v) is 6.22. The molecule has 15 heavy (non-hydrogen) atoms. The fourth-order valence-corrected chi connectivity index (χ4v) is 0.981. The van der Waals surface area contributed by atoms with Gasteiger partial charge in [0.05, 0.1) is 18.5 Å². The summed E-state index contributed by atoms with van der Waals surface area (Å²) in [4.78, 5) is 11.0. The number of nitrogens with zero attached hydrogens (tertiary/aromatic N) is 1. The number of benzene rings is 1. The number of hydrogen-bond donors (Lipinski definition) is 1. The molecule has 1 atom stereocenters. The van der Waals surface area contributed by atoms with E-state index in [1.54, 1.807) is 0 Å². The second kappa shape index (κ2) is 6.46. The maximum absolute atomic E-state index is 11.0. The minimum atomic E-state index is -3.46. The van der Waals surface area contributed by atoms with Crippen molar-refractivity contribution < 1.29 is 39.0 Å². The number of nitrogens with one attached hydrogen (secondary N) is 1. The van der Waals surface area contributed by atoms with Crippen LogP contribution in [0.1, 0.15) is 6.92 Å². The van der Waals surface area contributed by atoms with E-state index in [2.05, 4.69) is 10.5 Å². The summed E-state index contributed by atoms with van der Waals surface area (Å²) < 4.78 is 11.0. The van der Waals surface area contributed by atoms with Gasteiger partial charge < -0.3 is 9.46 Å². The molecule has 0 aliphatic heterocycles. The second-order valence-corrected chi connectivity index (χ2v) is 5.32. The molecule has 1 unspecified atom stereocenters. The van der Waals surface area contributed by atoms with Crippen LogP contribution < -0.4 is 39.9 Å². The van der Waals surface area contributed by atoms with Crippen molar-refractivity contribution in [3.8, 4) is 0 Å². The van der Waals surface area contributed by atoms with Crippen LogP contribution in [-0.2, 0) is 4.57 Å². The molecular weight excluding hydrogens is 222 g/mol. The molecule has 1 aromatic rings. The van der Waals surface area contributed by atoms with E-state index >= 15 is 0 Å². The Labute approximate surface area is 112 Å². The average molecular weight is 234 g/mol. The Morgan fingerprint density at radius 3 is 2.40 bits per heavy atom.